The molecule has 1 atom stereocenters. The summed E-state index contributed by atoms with van der Waals surface area (Å²) in [4.78, 5) is 12.0. The second-order valence-corrected chi connectivity index (χ2v) is 4.28. The molecule has 2 rings (SSSR count). The van der Waals surface area contributed by atoms with Crippen LogP contribution in [0.4, 0.5) is 18.9 Å². The van der Waals surface area contributed by atoms with Gasteiger partial charge in [0, 0.05) is 24.3 Å². The minimum absolute atomic E-state index is 0.00850. The second-order valence-electron chi connectivity index (χ2n) is 4.28. The standard InChI is InChI=1S/C12H12F3NO2/c13-12(14,15)10-5-8(7-17)1-2-11(10)16-4-3-9(18)6-16/h1-2,5,7,9,18H,3-4,6H2. The van der Waals surface area contributed by atoms with Crippen LogP contribution in [-0.2, 0) is 6.18 Å². The highest BCUT2D eigenvalue weighted by Crippen LogP contribution is 2.38. The number of hydrogen-bond acceptors (Lipinski definition) is 3. The van der Waals surface area contributed by atoms with E-state index in [1.807, 2.05) is 0 Å². The molecule has 18 heavy (non-hydrogen) atoms. The molecule has 1 aromatic rings. The number of aldehydes is 1. The summed E-state index contributed by atoms with van der Waals surface area (Å²) in [5.74, 6) is 0. The molecular weight excluding hydrogens is 247 g/mol. The molecule has 0 aromatic heterocycles. The van der Waals surface area contributed by atoms with Crippen LogP contribution >= 0.6 is 0 Å². The monoisotopic (exact) mass is 259 g/mol. The highest BCUT2D eigenvalue weighted by Gasteiger charge is 2.36. The van der Waals surface area contributed by atoms with Crippen LogP contribution in [-0.4, -0.2) is 30.6 Å². The van der Waals surface area contributed by atoms with Gasteiger partial charge in [0.15, 0.2) is 0 Å². The highest BCUT2D eigenvalue weighted by molar-refractivity contribution is 5.77. The third-order valence-corrected chi connectivity index (χ3v) is 2.97. The van der Waals surface area contributed by atoms with Crippen molar-refractivity contribution in [3.63, 3.8) is 0 Å². The first-order chi connectivity index (χ1) is 8.41. The maximum atomic E-state index is 12.9. The van der Waals surface area contributed by atoms with E-state index in [4.69, 9.17) is 0 Å². The molecule has 1 saturated heterocycles. The van der Waals surface area contributed by atoms with Gasteiger partial charge in [0.2, 0.25) is 0 Å². The number of anilines is 1. The van der Waals surface area contributed by atoms with Crippen LogP contribution < -0.4 is 4.90 Å². The van der Waals surface area contributed by atoms with E-state index in [2.05, 4.69) is 0 Å². The SMILES string of the molecule is O=Cc1ccc(N2CCC(O)C2)c(C(F)(F)F)c1. The molecule has 1 aliphatic rings. The summed E-state index contributed by atoms with van der Waals surface area (Å²) in [6, 6.07) is 3.47. The van der Waals surface area contributed by atoms with E-state index in [1.54, 1.807) is 0 Å². The van der Waals surface area contributed by atoms with Crippen molar-refractivity contribution < 1.29 is 23.1 Å². The summed E-state index contributed by atoms with van der Waals surface area (Å²) < 4.78 is 38.7. The number of β-amino-alcohol motifs (C(OH)–C–C–N with tert-alkyl or cyclic N) is 1. The molecule has 0 bridgehead atoms. The van der Waals surface area contributed by atoms with E-state index in [-0.39, 0.29) is 17.8 Å². The second kappa shape index (κ2) is 4.61. The lowest BCUT2D eigenvalue weighted by molar-refractivity contribution is -0.137. The summed E-state index contributed by atoms with van der Waals surface area (Å²) in [6.45, 7) is 0.564. The Kier molecular flexibility index (Phi) is 3.30. The van der Waals surface area contributed by atoms with E-state index in [0.29, 0.717) is 19.3 Å². The number of hydrogen-bond donors (Lipinski definition) is 1. The van der Waals surface area contributed by atoms with Crippen molar-refractivity contribution in [3.05, 3.63) is 29.3 Å². The average Bonchev–Trinajstić information content (AvgIpc) is 2.74. The molecule has 0 amide bonds. The van der Waals surface area contributed by atoms with Gasteiger partial charge in [-0.2, -0.15) is 13.2 Å². The molecular formula is C12H12F3NO2. The lowest BCUT2D eigenvalue weighted by Gasteiger charge is -2.23. The molecule has 1 heterocycles. The Morgan fingerprint density at radius 1 is 1.39 bits per heavy atom. The van der Waals surface area contributed by atoms with E-state index in [0.717, 1.165) is 6.07 Å². The number of alkyl halides is 3. The summed E-state index contributed by atoms with van der Waals surface area (Å²) in [7, 11) is 0. The zero-order chi connectivity index (χ0) is 13.3. The van der Waals surface area contributed by atoms with Crippen LogP contribution in [0, 0.1) is 0 Å². The summed E-state index contributed by atoms with van der Waals surface area (Å²) in [5, 5.41) is 9.38. The topological polar surface area (TPSA) is 40.5 Å². The van der Waals surface area contributed by atoms with E-state index in [9.17, 15) is 23.1 Å². The molecule has 1 N–H and O–H groups in total. The van der Waals surface area contributed by atoms with Crippen molar-refractivity contribution in [1.82, 2.24) is 0 Å². The van der Waals surface area contributed by atoms with E-state index in [1.165, 1.54) is 17.0 Å². The molecule has 0 spiro atoms. The number of nitrogens with zero attached hydrogens (tertiary/aromatic N) is 1. The Bertz CT molecular complexity index is 459. The third-order valence-electron chi connectivity index (χ3n) is 2.97. The van der Waals surface area contributed by atoms with Gasteiger partial charge >= 0.3 is 6.18 Å². The maximum Gasteiger partial charge on any atom is 0.418 e. The number of halogens is 3. The van der Waals surface area contributed by atoms with Crippen LogP contribution in [0.3, 0.4) is 0 Å². The number of aliphatic hydroxyl groups is 1. The molecule has 98 valence electrons. The van der Waals surface area contributed by atoms with Crippen LogP contribution in [0.15, 0.2) is 18.2 Å². The van der Waals surface area contributed by atoms with Gasteiger partial charge in [-0.15, -0.1) is 0 Å². The van der Waals surface area contributed by atoms with Crippen molar-refractivity contribution in [2.24, 2.45) is 0 Å². The normalized spacial score (nSPS) is 20.2. The van der Waals surface area contributed by atoms with Gasteiger partial charge in [0.05, 0.1) is 11.7 Å². The number of carbonyl (C=O) groups is 1. The minimum atomic E-state index is -4.51. The molecule has 1 unspecified atom stereocenters. The fourth-order valence-corrected chi connectivity index (χ4v) is 2.09. The minimum Gasteiger partial charge on any atom is -0.391 e. The van der Waals surface area contributed by atoms with Crippen LogP contribution in [0.1, 0.15) is 22.3 Å². The lowest BCUT2D eigenvalue weighted by atomic mass is 10.1. The van der Waals surface area contributed by atoms with E-state index >= 15 is 0 Å². The fraction of sp³-hybridized carbons (Fsp3) is 0.417. The van der Waals surface area contributed by atoms with Gasteiger partial charge in [0.25, 0.3) is 0 Å². The first kappa shape index (κ1) is 12.9. The number of rotatable bonds is 2. The van der Waals surface area contributed by atoms with E-state index < -0.39 is 17.8 Å². The van der Waals surface area contributed by atoms with Gasteiger partial charge in [-0.05, 0) is 24.6 Å². The quantitative estimate of drug-likeness (QED) is 0.827. The molecule has 1 aromatic carbocycles. The predicted octanol–water partition coefficient (Wildman–Crippen LogP) is 2.09. The number of carbonyl (C=O) groups excluding carboxylic acids is 1. The summed E-state index contributed by atoms with van der Waals surface area (Å²) in [6.07, 6.45) is -4.27. The van der Waals surface area contributed by atoms with Crippen molar-refractivity contribution in [3.8, 4) is 0 Å². The third kappa shape index (κ3) is 2.48. The Labute approximate surface area is 102 Å². The summed E-state index contributed by atoms with van der Waals surface area (Å²) in [5.41, 5.74) is -0.823. The maximum absolute atomic E-state index is 12.9. The molecule has 3 nitrogen and oxygen atoms in total. The molecule has 1 aliphatic heterocycles. The Hall–Kier alpha value is -1.56. The zero-order valence-corrected chi connectivity index (χ0v) is 9.44. The first-order valence-corrected chi connectivity index (χ1v) is 5.51. The van der Waals surface area contributed by atoms with Gasteiger partial charge in [0.1, 0.15) is 6.29 Å². The molecule has 0 aliphatic carbocycles. The van der Waals surface area contributed by atoms with Crippen molar-refractivity contribution in [2.45, 2.75) is 18.7 Å². The van der Waals surface area contributed by atoms with Gasteiger partial charge in [-0.3, -0.25) is 4.79 Å². The van der Waals surface area contributed by atoms with Gasteiger partial charge < -0.3 is 10.0 Å². The largest absolute Gasteiger partial charge is 0.418 e. The molecule has 0 saturated carbocycles. The van der Waals surface area contributed by atoms with Gasteiger partial charge in [-0.1, -0.05) is 0 Å². The molecule has 1 fully saturated rings. The Morgan fingerprint density at radius 2 is 2.11 bits per heavy atom. The molecule has 0 radical (unpaired) electrons. The van der Waals surface area contributed by atoms with Crippen molar-refractivity contribution in [2.75, 3.05) is 18.0 Å². The number of benzene rings is 1. The zero-order valence-electron chi connectivity index (χ0n) is 9.44. The molecule has 6 heteroatoms. The Balaban J connectivity index is 2.43. The van der Waals surface area contributed by atoms with Crippen molar-refractivity contribution in [1.29, 1.82) is 0 Å². The van der Waals surface area contributed by atoms with Crippen LogP contribution in [0.5, 0.6) is 0 Å². The fourth-order valence-electron chi connectivity index (χ4n) is 2.09. The van der Waals surface area contributed by atoms with Crippen molar-refractivity contribution >= 4 is 12.0 Å². The van der Waals surface area contributed by atoms with Gasteiger partial charge in [-0.25, -0.2) is 0 Å². The Morgan fingerprint density at radius 3 is 2.61 bits per heavy atom. The summed E-state index contributed by atoms with van der Waals surface area (Å²) >= 11 is 0. The van der Waals surface area contributed by atoms with Crippen LogP contribution in [0.25, 0.3) is 0 Å². The predicted molar refractivity (Wildman–Crippen MR) is 59.7 cm³/mol. The smallest absolute Gasteiger partial charge is 0.391 e. The van der Waals surface area contributed by atoms with Crippen LogP contribution in [0.2, 0.25) is 0 Å². The highest BCUT2D eigenvalue weighted by atomic mass is 19.4. The lowest BCUT2D eigenvalue weighted by Crippen LogP contribution is -2.24. The average molecular weight is 259 g/mol. The number of aliphatic hydroxyl groups excluding tert-OH is 1. The first-order valence-electron chi connectivity index (χ1n) is 5.51.